The number of hydrogen-bond acceptors (Lipinski definition) is 4. The first-order chi connectivity index (χ1) is 9.99. The van der Waals surface area contributed by atoms with Crippen LogP contribution in [0, 0.1) is 0 Å². The van der Waals surface area contributed by atoms with Crippen molar-refractivity contribution < 1.29 is 14.7 Å². The molecular weight excluding hydrogens is 317 g/mol. The fourth-order valence-corrected chi connectivity index (χ4v) is 2.14. The fraction of sp³-hybridized carbons (Fsp3) is 0.385. The van der Waals surface area contributed by atoms with E-state index in [1.54, 1.807) is 19.2 Å². The molecule has 1 aromatic rings. The summed E-state index contributed by atoms with van der Waals surface area (Å²) in [6, 6.07) is 4.67. The Hall–Kier alpha value is -1.50. The Morgan fingerprint density at radius 1 is 1.43 bits per heavy atom. The Morgan fingerprint density at radius 2 is 2.14 bits per heavy atom. The van der Waals surface area contributed by atoms with Gasteiger partial charge in [0.15, 0.2) is 0 Å². The number of methoxy groups -OCH3 is 1. The first kappa shape index (κ1) is 17.6. The third-order valence-corrected chi connectivity index (χ3v) is 3.33. The molecule has 3 N–H and O–H groups in total. The molecule has 0 aliphatic rings. The van der Waals surface area contributed by atoms with E-state index in [4.69, 9.17) is 38.9 Å². The summed E-state index contributed by atoms with van der Waals surface area (Å²) in [5.74, 6) is -0.216. The zero-order valence-corrected chi connectivity index (χ0v) is 13.1. The summed E-state index contributed by atoms with van der Waals surface area (Å²) in [7, 11) is 1.54. The van der Waals surface area contributed by atoms with Crippen molar-refractivity contribution in [2.75, 3.05) is 26.8 Å². The Balaban J connectivity index is 2.87. The summed E-state index contributed by atoms with van der Waals surface area (Å²) < 4.78 is 4.98. The standard InChI is InChI=1S/C13H17Cl2N3O3/c1-21-7-6-18(5-4-12(16)17-20)13(19)10-3-2-9(14)8-11(10)15/h2-3,8,20H,4-7H2,1H3,(H2,16,17). The number of amidine groups is 1. The predicted molar refractivity (Wildman–Crippen MR) is 82.3 cm³/mol. The first-order valence-electron chi connectivity index (χ1n) is 6.19. The second-order valence-electron chi connectivity index (χ2n) is 4.25. The molecule has 116 valence electrons. The summed E-state index contributed by atoms with van der Waals surface area (Å²) in [5.41, 5.74) is 5.77. The van der Waals surface area contributed by atoms with E-state index in [2.05, 4.69) is 5.16 Å². The van der Waals surface area contributed by atoms with Gasteiger partial charge in [-0.25, -0.2) is 0 Å². The van der Waals surface area contributed by atoms with Gasteiger partial charge in [0, 0.05) is 31.6 Å². The molecule has 0 heterocycles. The van der Waals surface area contributed by atoms with Crippen LogP contribution in [-0.4, -0.2) is 48.7 Å². The van der Waals surface area contributed by atoms with Crippen molar-refractivity contribution >= 4 is 34.9 Å². The van der Waals surface area contributed by atoms with Crippen molar-refractivity contribution in [3.05, 3.63) is 33.8 Å². The SMILES string of the molecule is COCCN(CCC(N)=NO)C(=O)c1ccc(Cl)cc1Cl. The summed E-state index contributed by atoms with van der Waals surface area (Å²) >= 11 is 11.9. The third-order valence-electron chi connectivity index (χ3n) is 2.78. The van der Waals surface area contributed by atoms with Crippen LogP contribution in [0.3, 0.4) is 0 Å². The molecule has 0 aliphatic carbocycles. The summed E-state index contributed by atoms with van der Waals surface area (Å²) in [6.07, 6.45) is 0.247. The Morgan fingerprint density at radius 3 is 2.71 bits per heavy atom. The van der Waals surface area contributed by atoms with Gasteiger partial charge in [0.1, 0.15) is 5.84 Å². The molecule has 8 heteroatoms. The molecule has 0 bridgehead atoms. The minimum absolute atomic E-state index is 0.0485. The maximum atomic E-state index is 12.5. The normalized spacial score (nSPS) is 11.5. The van der Waals surface area contributed by atoms with Gasteiger partial charge in [-0.05, 0) is 18.2 Å². The van der Waals surface area contributed by atoms with Crippen LogP contribution in [0.4, 0.5) is 0 Å². The Labute approximate surface area is 133 Å². The summed E-state index contributed by atoms with van der Waals surface area (Å²) in [6.45, 7) is 1.02. The fourth-order valence-electron chi connectivity index (χ4n) is 1.65. The number of amides is 1. The van der Waals surface area contributed by atoms with Crippen LogP contribution in [-0.2, 0) is 4.74 Å². The lowest BCUT2D eigenvalue weighted by Crippen LogP contribution is -2.36. The molecule has 6 nitrogen and oxygen atoms in total. The van der Waals surface area contributed by atoms with E-state index in [0.29, 0.717) is 23.7 Å². The molecule has 0 atom stereocenters. The van der Waals surface area contributed by atoms with Crippen LogP contribution < -0.4 is 5.73 Å². The van der Waals surface area contributed by atoms with Gasteiger partial charge in [-0.1, -0.05) is 28.4 Å². The molecule has 1 rings (SSSR count). The number of nitrogens with zero attached hydrogens (tertiary/aromatic N) is 2. The highest BCUT2D eigenvalue weighted by Gasteiger charge is 2.18. The molecule has 1 aromatic carbocycles. The number of carbonyl (C=O) groups excluding carboxylic acids is 1. The van der Waals surface area contributed by atoms with E-state index in [0.717, 1.165) is 0 Å². The molecule has 0 spiro atoms. The number of benzene rings is 1. The van der Waals surface area contributed by atoms with E-state index < -0.39 is 0 Å². The van der Waals surface area contributed by atoms with Crippen molar-refractivity contribution in [1.29, 1.82) is 0 Å². The number of nitrogens with two attached hydrogens (primary N) is 1. The summed E-state index contributed by atoms with van der Waals surface area (Å²) in [4.78, 5) is 14.0. The van der Waals surface area contributed by atoms with E-state index in [1.165, 1.54) is 11.0 Å². The van der Waals surface area contributed by atoms with Crippen LogP contribution >= 0.6 is 23.2 Å². The van der Waals surface area contributed by atoms with E-state index in [-0.39, 0.29) is 29.7 Å². The lowest BCUT2D eigenvalue weighted by Gasteiger charge is -2.22. The number of oxime groups is 1. The van der Waals surface area contributed by atoms with Crippen LogP contribution in [0.25, 0.3) is 0 Å². The molecule has 0 saturated carbocycles. The molecule has 0 radical (unpaired) electrons. The zero-order chi connectivity index (χ0) is 15.8. The van der Waals surface area contributed by atoms with Gasteiger partial charge in [0.05, 0.1) is 17.2 Å². The van der Waals surface area contributed by atoms with Gasteiger partial charge >= 0.3 is 0 Å². The number of hydrogen-bond donors (Lipinski definition) is 2. The van der Waals surface area contributed by atoms with E-state index in [9.17, 15) is 4.79 Å². The molecule has 0 saturated heterocycles. The molecule has 1 amide bonds. The minimum Gasteiger partial charge on any atom is -0.409 e. The number of rotatable bonds is 7. The topological polar surface area (TPSA) is 88.2 Å². The Kier molecular flexibility index (Phi) is 7.28. The molecule has 21 heavy (non-hydrogen) atoms. The smallest absolute Gasteiger partial charge is 0.255 e. The quantitative estimate of drug-likeness (QED) is 0.346. The van der Waals surface area contributed by atoms with E-state index in [1.807, 2.05) is 0 Å². The lowest BCUT2D eigenvalue weighted by molar-refractivity contribution is 0.0701. The molecule has 0 unspecified atom stereocenters. The maximum Gasteiger partial charge on any atom is 0.255 e. The van der Waals surface area contributed by atoms with Crippen molar-refractivity contribution in [2.24, 2.45) is 10.9 Å². The van der Waals surface area contributed by atoms with Crippen molar-refractivity contribution in [3.8, 4) is 0 Å². The average Bonchev–Trinajstić information content (AvgIpc) is 2.46. The van der Waals surface area contributed by atoms with E-state index >= 15 is 0 Å². The zero-order valence-electron chi connectivity index (χ0n) is 11.6. The predicted octanol–water partition coefficient (Wildman–Crippen LogP) is 2.22. The van der Waals surface area contributed by atoms with Gasteiger partial charge < -0.3 is 20.6 Å². The molecule has 0 aromatic heterocycles. The largest absolute Gasteiger partial charge is 0.409 e. The minimum atomic E-state index is -0.264. The van der Waals surface area contributed by atoms with Crippen LogP contribution in [0.15, 0.2) is 23.4 Å². The molecular formula is C13H17Cl2N3O3. The number of carbonyl (C=O) groups is 1. The highest BCUT2D eigenvalue weighted by atomic mass is 35.5. The van der Waals surface area contributed by atoms with Gasteiger partial charge in [-0.3, -0.25) is 4.79 Å². The number of halogens is 2. The summed E-state index contributed by atoms with van der Waals surface area (Å²) in [5, 5.41) is 12.2. The van der Waals surface area contributed by atoms with Crippen LogP contribution in [0.2, 0.25) is 10.0 Å². The van der Waals surface area contributed by atoms with Crippen molar-refractivity contribution in [3.63, 3.8) is 0 Å². The van der Waals surface area contributed by atoms with Gasteiger partial charge in [0.25, 0.3) is 5.91 Å². The van der Waals surface area contributed by atoms with Crippen molar-refractivity contribution in [2.45, 2.75) is 6.42 Å². The second-order valence-corrected chi connectivity index (χ2v) is 5.09. The highest BCUT2D eigenvalue weighted by molar-refractivity contribution is 6.36. The average molecular weight is 334 g/mol. The van der Waals surface area contributed by atoms with Crippen LogP contribution in [0.5, 0.6) is 0 Å². The monoisotopic (exact) mass is 333 g/mol. The van der Waals surface area contributed by atoms with Crippen molar-refractivity contribution in [1.82, 2.24) is 4.90 Å². The molecule has 0 fully saturated rings. The lowest BCUT2D eigenvalue weighted by atomic mass is 10.2. The molecule has 0 aliphatic heterocycles. The van der Waals surface area contributed by atoms with Crippen LogP contribution in [0.1, 0.15) is 16.8 Å². The Bertz CT molecular complexity index is 523. The second kappa shape index (κ2) is 8.71. The number of ether oxygens (including phenoxy) is 1. The first-order valence-corrected chi connectivity index (χ1v) is 6.94. The van der Waals surface area contributed by atoms with Gasteiger partial charge in [-0.2, -0.15) is 0 Å². The van der Waals surface area contributed by atoms with Gasteiger partial charge in [0.2, 0.25) is 0 Å². The van der Waals surface area contributed by atoms with Gasteiger partial charge in [-0.15, -0.1) is 0 Å². The highest BCUT2D eigenvalue weighted by Crippen LogP contribution is 2.22. The maximum absolute atomic E-state index is 12.5. The third kappa shape index (κ3) is 5.41.